The monoisotopic (exact) mass is 269 g/mol. The summed E-state index contributed by atoms with van der Waals surface area (Å²) >= 11 is 0. The first kappa shape index (κ1) is 14.3. The molecular formula is C14H23NO4. The van der Waals surface area contributed by atoms with Gasteiger partial charge >= 0.3 is 5.97 Å². The fourth-order valence-corrected chi connectivity index (χ4v) is 3.35. The Bertz CT molecular complexity index is 351. The fourth-order valence-electron chi connectivity index (χ4n) is 3.35. The van der Waals surface area contributed by atoms with E-state index in [9.17, 15) is 14.7 Å². The second kappa shape index (κ2) is 5.90. The summed E-state index contributed by atoms with van der Waals surface area (Å²) < 4.78 is 5.30. The number of aliphatic carboxylic acids is 1. The van der Waals surface area contributed by atoms with Crippen molar-refractivity contribution < 1.29 is 19.4 Å². The number of nitrogens with zero attached hydrogens (tertiary/aromatic N) is 1. The van der Waals surface area contributed by atoms with Crippen LogP contribution in [-0.4, -0.2) is 48.2 Å². The normalized spacial score (nSPS) is 32.2. The third kappa shape index (κ3) is 3.08. The Labute approximate surface area is 113 Å². The van der Waals surface area contributed by atoms with Crippen molar-refractivity contribution in [2.75, 3.05) is 20.3 Å². The molecule has 19 heavy (non-hydrogen) atoms. The lowest BCUT2D eigenvalue weighted by atomic mass is 9.93. The first-order valence-electron chi connectivity index (χ1n) is 7.08. The first-order valence-corrected chi connectivity index (χ1v) is 7.08. The van der Waals surface area contributed by atoms with Crippen molar-refractivity contribution in [2.45, 2.75) is 38.6 Å². The first-order chi connectivity index (χ1) is 9.00. The van der Waals surface area contributed by atoms with Crippen LogP contribution in [0, 0.1) is 17.8 Å². The van der Waals surface area contributed by atoms with Crippen molar-refractivity contribution in [3.8, 4) is 0 Å². The number of amides is 1. The Morgan fingerprint density at radius 3 is 2.32 bits per heavy atom. The van der Waals surface area contributed by atoms with Crippen molar-refractivity contribution in [1.82, 2.24) is 4.90 Å². The molecular weight excluding hydrogens is 246 g/mol. The molecule has 3 atom stereocenters. The highest BCUT2D eigenvalue weighted by Crippen LogP contribution is 2.38. The number of carbonyl (C=O) groups excluding carboxylic acids is 1. The van der Waals surface area contributed by atoms with Crippen molar-refractivity contribution in [3.63, 3.8) is 0 Å². The standard InChI is InChI=1S/C14H23NO4/c1-9-7-11(12(8-9)14(17)18)13(16)15(2)10-3-5-19-6-4-10/h9-12H,3-8H2,1-2H3,(H,17,18)/t9?,11-,12+/m0/s1. The van der Waals surface area contributed by atoms with E-state index in [0.29, 0.717) is 32.0 Å². The van der Waals surface area contributed by atoms with Gasteiger partial charge in [0.15, 0.2) is 0 Å². The van der Waals surface area contributed by atoms with Crippen LogP contribution in [0.2, 0.25) is 0 Å². The second-order valence-electron chi connectivity index (χ2n) is 5.92. The topological polar surface area (TPSA) is 66.8 Å². The lowest BCUT2D eigenvalue weighted by Gasteiger charge is -2.33. The van der Waals surface area contributed by atoms with Crippen molar-refractivity contribution in [1.29, 1.82) is 0 Å². The van der Waals surface area contributed by atoms with Gasteiger partial charge in [0.2, 0.25) is 5.91 Å². The number of carboxylic acids is 1. The minimum atomic E-state index is -0.830. The minimum absolute atomic E-state index is 0.00338. The summed E-state index contributed by atoms with van der Waals surface area (Å²) in [7, 11) is 1.81. The molecule has 1 N–H and O–H groups in total. The van der Waals surface area contributed by atoms with E-state index in [1.54, 1.807) is 11.9 Å². The van der Waals surface area contributed by atoms with E-state index in [1.807, 2.05) is 6.92 Å². The van der Waals surface area contributed by atoms with Gasteiger partial charge in [0.25, 0.3) is 0 Å². The van der Waals surface area contributed by atoms with Gasteiger partial charge in [-0.25, -0.2) is 0 Å². The maximum atomic E-state index is 12.5. The van der Waals surface area contributed by atoms with Crippen molar-refractivity contribution in [2.24, 2.45) is 17.8 Å². The maximum absolute atomic E-state index is 12.5. The zero-order chi connectivity index (χ0) is 14.0. The van der Waals surface area contributed by atoms with Gasteiger partial charge in [-0.1, -0.05) is 6.92 Å². The largest absolute Gasteiger partial charge is 0.481 e. The van der Waals surface area contributed by atoms with Crippen molar-refractivity contribution in [3.05, 3.63) is 0 Å². The number of hydrogen-bond acceptors (Lipinski definition) is 3. The van der Waals surface area contributed by atoms with Crippen LogP contribution >= 0.6 is 0 Å². The zero-order valence-electron chi connectivity index (χ0n) is 11.7. The summed E-state index contributed by atoms with van der Waals surface area (Å²) in [6.07, 6.45) is 3.02. The molecule has 5 nitrogen and oxygen atoms in total. The van der Waals surface area contributed by atoms with Gasteiger partial charge in [0.1, 0.15) is 0 Å². The van der Waals surface area contributed by atoms with Crippen LogP contribution in [0.25, 0.3) is 0 Å². The summed E-state index contributed by atoms with van der Waals surface area (Å²) in [5, 5.41) is 9.25. The molecule has 0 aromatic carbocycles. The van der Waals surface area contributed by atoms with E-state index in [0.717, 1.165) is 12.8 Å². The van der Waals surface area contributed by atoms with Gasteiger partial charge in [0, 0.05) is 26.3 Å². The molecule has 1 saturated heterocycles. The Morgan fingerprint density at radius 1 is 1.16 bits per heavy atom. The predicted molar refractivity (Wildman–Crippen MR) is 69.6 cm³/mol. The minimum Gasteiger partial charge on any atom is -0.481 e. The van der Waals surface area contributed by atoms with Crippen LogP contribution in [0.4, 0.5) is 0 Å². The van der Waals surface area contributed by atoms with E-state index in [-0.39, 0.29) is 17.9 Å². The van der Waals surface area contributed by atoms with Gasteiger partial charge in [-0.05, 0) is 31.6 Å². The lowest BCUT2D eigenvalue weighted by molar-refractivity contribution is -0.150. The smallest absolute Gasteiger partial charge is 0.307 e. The van der Waals surface area contributed by atoms with Crippen molar-refractivity contribution >= 4 is 11.9 Å². The highest BCUT2D eigenvalue weighted by Gasteiger charge is 2.43. The molecule has 5 heteroatoms. The third-order valence-corrected chi connectivity index (χ3v) is 4.52. The zero-order valence-corrected chi connectivity index (χ0v) is 11.7. The number of rotatable bonds is 3. The van der Waals surface area contributed by atoms with E-state index in [1.165, 1.54) is 0 Å². The molecule has 2 aliphatic rings. The number of ether oxygens (including phenoxy) is 1. The lowest BCUT2D eigenvalue weighted by Crippen LogP contribution is -2.45. The fraction of sp³-hybridized carbons (Fsp3) is 0.857. The molecule has 0 bridgehead atoms. The average Bonchev–Trinajstić information content (AvgIpc) is 2.80. The quantitative estimate of drug-likeness (QED) is 0.840. The molecule has 2 rings (SSSR count). The van der Waals surface area contributed by atoms with E-state index >= 15 is 0 Å². The Kier molecular flexibility index (Phi) is 4.45. The average molecular weight is 269 g/mol. The third-order valence-electron chi connectivity index (χ3n) is 4.52. The molecule has 1 amide bonds. The summed E-state index contributed by atoms with van der Waals surface area (Å²) in [5.74, 6) is -1.37. The summed E-state index contributed by atoms with van der Waals surface area (Å²) in [5.41, 5.74) is 0. The number of hydrogen-bond donors (Lipinski definition) is 1. The molecule has 0 radical (unpaired) electrons. The van der Waals surface area contributed by atoms with Gasteiger partial charge in [-0.15, -0.1) is 0 Å². The molecule has 1 saturated carbocycles. The summed E-state index contributed by atoms with van der Waals surface area (Å²) in [4.78, 5) is 25.6. The molecule has 0 aromatic rings. The van der Waals surface area contributed by atoms with E-state index < -0.39 is 11.9 Å². The van der Waals surface area contributed by atoms with Gasteiger partial charge < -0.3 is 14.7 Å². The highest BCUT2D eigenvalue weighted by molar-refractivity contribution is 5.85. The molecule has 2 fully saturated rings. The molecule has 1 aliphatic heterocycles. The predicted octanol–water partition coefficient (Wildman–Crippen LogP) is 1.37. The highest BCUT2D eigenvalue weighted by atomic mass is 16.5. The second-order valence-corrected chi connectivity index (χ2v) is 5.92. The summed E-state index contributed by atoms with van der Waals surface area (Å²) in [6, 6.07) is 0.201. The molecule has 0 aromatic heterocycles. The Morgan fingerprint density at radius 2 is 1.74 bits per heavy atom. The maximum Gasteiger partial charge on any atom is 0.307 e. The van der Waals surface area contributed by atoms with Crippen LogP contribution in [0.5, 0.6) is 0 Å². The molecule has 108 valence electrons. The van der Waals surface area contributed by atoms with Crippen LogP contribution < -0.4 is 0 Å². The van der Waals surface area contributed by atoms with Gasteiger partial charge in [0.05, 0.1) is 11.8 Å². The molecule has 1 heterocycles. The summed E-state index contributed by atoms with van der Waals surface area (Å²) in [6.45, 7) is 3.40. The van der Waals surface area contributed by atoms with Crippen LogP contribution in [-0.2, 0) is 14.3 Å². The van der Waals surface area contributed by atoms with Crippen LogP contribution in [0.15, 0.2) is 0 Å². The molecule has 1 unspecified atom stereocenters. The van der Waals surface area contributed by atoms with E-state index in [4.69, 9.17) is 4.74 Å². The number of carboxylic acid groups (broad SMARTS) is 1. The van der Waals surface area contributed by atoms with Crippen LogP contribution in [0.3, 0.4) is 0 Å². The van der Waals surface area contributed by atoms with E-state index in [2.05, 4.69) is 0 Å². The van der Waals surface area contributed by atoms with Gasteiger partial charge in [-0.2, -0.15) is 0 Å². The molecule has 0 spiro atoms. The molecule has 1 aliphatic carbocycles. The number of carbonyl (C=O) groups is 2. The Balaban J connectivity index is 2.02. The SMILES string of the molecule is CC1C[C@H](C(=O)N(C)C2CCOCC2)[C@H](C(=O)O)C1. The van der Waals surface area contributed by atoms with Crippen LogP contribution in [0.1, 0.15) is 32.6 Å². The Hall–Kier alpha value is -1.10. The van der Waals surface area contributed by atoms with Gasteiger partial charge in [-0.3, -0.25) is 9.59 Å².